The molecule has 1 fully saturated rings. The summed E-state index contributed by atoms with van der Waals surface area (Å²) in [6, 6.07) is 0. The molecule has 1 aliphatic heterocycles. The number of halogens is 1. The van der Waals surface area contributed by atoms with Crippen molar-refractivity contribution in [2.45, 2.75) is 38.7 Å². The van der Waals surface area contributed by atoms with Crippen molar-refractivity contribution < 1.29 is 23.8 Å². The maximum absolute atomic E-state index is 12.1. The van der Waals surface area contributed by atoms with E-state index in [1.54, 1.807) is 0 Å². The van der Waals surface area contributed by atoms with Gasteiger partial charge in [0.2, 0.25) is 0 Å². The molecule has 11 heteroatoms. The van der Waals surface area contributed by atoms with E-state index in [0.717, 1.165) is 0 Å². The Hall–Kier alpha value is -1.78. The summed E-state index contributed by atoms with van der Waals surface area (Å²) in [5.74, 6) is 1.61. The maximum atomic E-state index is 12.1. The first-order valence-electron chi connectivity index (χ1n) is 7.42. The minimum Gasteiger partial charge on any atom is -0.463 e. The first-order valence-corrected chi connectivity index (χ1v) is 10.8. The van der Waals surface area contributed by atoms with Gasteiger partial charge in [0.05, 0.1) is 0 Å². The van der Waals surface area contributed by atoms with Gasteiger partial charge in [-0.25, -0.2) is 4.79 Å². The number of H-pyrrole nitrogens is 1. The summed E-state index contributed by atoms with van der Waals surface area (Å²) in [7, 11) is 1.20. The molecule has 1 unspecified atom stereocenters. The molecule has 0 aromatic carbocycles. The number of aromatic nitrogens is 2. The van der Waals surface area contributed by atoms with Gasteiger partial charge in [-0.15, -0.1) is 0 Å². The summed E-state index contributed by atoms with van der Waals surface area (Å²) in [6.07, 6.45) is -0.783. The Bertz CT molecular complexity index is 869. The lowest BCUT2D eigenvalue weighted by Crippen LogP contribution is -2.34. The van der Waals surface area contributed by atoms with Gasteiger partial charge in [0, 0.05) is 47.7 Å². The molecule has 140 valence electrons. The van der Waals surface area contributed by atoms with Crippen LogP contribution >= 0.6 is 30.1 Å². The minimum atomic E-state index is -0.808. The highest BCUT2D eigenvalue weighted by molar-refractivity contribution is 14.2. The number of esters is 2. The van der Waals surface area contributed by atoms with Crippen LogP contribution in [0.15, 0.2) is 15.8 Å². The standard InChI is InChI=1S/C15H15IN2O7S/c1-8(19)23-7-12-11(24-9(2)20)5-13(25-12)18-6-10(3-4-26-16)14(21)17-15(18)22/h6,11-13H,5,7H2,1-2H3,(H,17,21,22)/t11-,12?,13-/m1/s1. The number of nitrogens with zero attached hydrogens (tertiary/aromatic N) is 1. The topological polar surface area (TPSA) is 117 Å². The fourth-order valence-corrected chi connectivity index (χ4v) is 2.90. The van der Waals surface area contributed by atoms with Crippen LogP contribution in [0.5, 0.6) is 0 Å². The van der Waals surface area contributed by atoms with Crippen LogP contribution in [0.3, 0.4) is 0 Å². The van der Waals surface area contributed by atoms with Crippen molar-refractivity contribution in [2.24, 2.45) is 0 Å². The molecule has 1 N–H and O–H groups in total. The third-order valence-corrected chi connectivity index (χ3v) is 4.29. The van der Waals surface area contributed by atoms with Crippen LogP contribution in [0.25, 0.3) is 0 Å². The Morgan fingerprint density at radius 3 is 2.77 bits per heavy atom. The number of ether oxygens (including phenoxy) is 3. The van der Waals surface area contributed by atoms with Crippen LogP contribution < -0.4 is 11.2 Å². The molecule has 0 spiro atoms. The molecule has 1 aromatic heterocycles. The Morgan fingerprint density at radius 1 is 1.42 bits per heavy atom. The van der Waals surface area contributed by atoms with Crippen molar-refractivity contribution in [1.82, 2.24) is 9.55 Å². The molecule has 2 heterocycles. The minimum absolute atomic E-state index is 0.102. The summed E-state index contributed by atoms with van der Waals surface area (Å²) in [5.41, 5.74) is -1.18. The second kappa shape index (κ2) is 9.24. The van der Waals surface area contributed by atoms with Crippen LogP contribution in [0, 0.1) is 11.2 Å². The van der Waals surface area contributed by atoms with Gasteiger partial charge in [-0.3, -0.25) is 23.9 Å². The van der Waals surface area contributed by atoms with Gasteiger partial charge in [-0.05, 0) is 20.1 Å². The lowest BCUT2D eigenvalue weighted by Gasteiger charge is -2.17. The number of aromatic amines is 1. The smallest absolute Gasteiger partial charge is 0.330 e. The lowest BCUT2D eigenvalue weighted by atomic mass is 10.2. The average Bonchev–Trinajstić information content (AvgIpc) is 2.94. The van der Waals surface area contributed by atoms with Crippen LogP contribution in [0.1, 0.15) is 32.1 Å². The van der Waals surface area contributed by atoms with E-state index in [0.29, 0.717) is 0 Å². The van der Waals surface area contributed by atoms with Crippen molar-refractivity contribution >= 4 is 42.1 Å². The van der Waals surface area contributed by atoms with Gasteiger partial charge in [-0.2, -0.15) is 0 Å². The summed E-state index contributed by atoms with van der Waals surface area (Å²) in [6.45, 7) is 2.37. The third kappa shape index (κ3) is 5.36. The molecule has 26 heavy (non-hydrogen) atoms. The number of rotatable bonds is 4. The third-order valence-electron chi connectivity index (χ3n) is 3.45. The molecule has 1 aromatic rings. The number of carbonyl (C=O) groups excluding carboxylic acids is 2. The van der Waals surface area contributed by atoms with Gasteiger partial charge in [-0.1, -0.05) is 0 Å². The van der Waals surface area contributed by atoms with Gasteiger partial charge < -0.3 is 14.2 Å². The molecule has 0 amide bonds. The van der Waals surface area contributed by atoms with E-state index in [1.807, 2.05) is 21.2 Å². The summed E-state index contributed by atoms with van der Waals surface area (Å²) < 4.78 is 17.0. The van der Waals surface area contributed by atoms with Gasteiger partial charge in [0.1, 0.15) is 30.6 Å². The number of nitrogens with one attached hydrogen (secondary N) is 1. The number of hydrogen-bond donors (Lipinski definition) is 1. The Morgan fingerprint density at radius 2 is 2.15 bits per heavy atom. The first-order chi connectivity index (χ1) is 12.3. The fraction of sp³-hybridized carbons (Fsp3) is 0.467. The van der Waals surface area contributed by atoms with Crippen molar-refractivity contribution in [2.75, 3.05) is 6.61 Å². The predicted molar refractivity (Wildman–Crippen MR) is 101 cm³/mol. The number of carbonyl (C=O) groups is 2. The second-order valence-electron chi connectivity index (χ2n) is 5.33. The molecule has 0 aliphatic carbocycles. The molecule has 0 bridgehead atoms. The van der Waals surface area contributed by atoms with Crippen molar-refractivity contribution in [3.63, 3.8) is 0 Å². The predicted octanol–water partition coefficient (Wildman–Crippen LogP) is 0.711. The monoisotopic (exact) mass is 494 g/mol. The molecule has 0 radical (unpaired) electrons. The van der Waals surface area contributed by atoms with Gasteiger partial charge in [0.15, 0.2) is 0 Å². The van der Waals surface area contributed by atoms with Crippen molar-refractivity contribution in [3.05, 3.63) is 32.6 Å². The fourth-order valence-electron chi connectivity index (χ4n) is 2.42. The normalized spacial score (nSPS) is 21.6. The van der Waals surface area contributed by atoms with Crippen LogP contribution in [0.4, 0.5) is 0 Å². The van der Waals surface area contributed by atoms with Gasteiger partial charge in [0.25, 0.3) is 5.56 Å². The van der Waals surface area contributed by atoms with Gasteiger partial charge >= 0.3 is 17.6 Å². The molecule has 3 atom stereocenters. The van der Waals surface area contributed by atoms with Crippen LogP contribution in [-0.4, -0.2) is 40.3 Å². The van der Waals surface area contributed by atoms with Crippen molar-refractivity contribution in [1.29, 1.82) is 0 Å². The molecular formula is C15H15IN2O7S. The quantitative estimate of drug-likeness (QED) is 0.370. The van der Waals surface area contributed by atoms with E-state index in [-0.39, 0.29) is 18.6 Å². The van der Waals surface area contributed by atoms with E-state index < -0.39 is 41.6 Å². The zero-order valence-electron chi connectivity index (χ0n) is 13.8. The Balaban J connectivity index is 2.30. The van der Waals surface area contributed by atoms with E-state index in [4.69, 9.17) is 14.2 Å². The lowest BCUT2D eigenvalue weighted by molar-refractivity contribution is -0.155. The molecule has 9 nitrogen and oxygen atoms in total. The van der Waals surface area contributed by atoms with Crippen LogP contribution in [-0.2, 0) is 23.8 Å². The van der Waals surface area contributed by atoms with E-state index in [9.17, 15) is 19.2 Å². The Labute approximate surface area is 164 Å². The zero-order valence-corrected chi connectivity index (χ0v) is 16.8. The Kier molecular flexibility index (Phi) is 7.30. The molecular weight excluding hydrogens is 479 g/mol. The SMILES string of the molecule is CC(=O)OCC1O[C@@H](n2cc(C#CSI)c(=O)[nH]c2=O)C[C@H]1OC(C)=O. The molecule has 1 saturated heterocycles. The zero-order chi connectivity index (χ0) is 19.3. The molecule has 1 aliphatic rings. The van der Waals surface area contributed by atoms with E-state index in [2.05, 4.69) is 16.2 Å². The van der Waals surface area contributed by atoms with E-state index >= 15 is 0 Å². The second-order valence-corrected chi connectivity index (χ2v) is 7.01. The first kappa shape index (κ1) is 20.5. The van der Waals surface area contributed by atoms with Crippen LogP contribution in [0.2, 0.25) is 0 Å². The maximum Gasteiger partial charge on any atom is 0.330 e. The summed E-state index contributed by atoms with van der Waals surface area (Å²) >= 11 is 1.96. The molecule has 0 saturated carbocycles. The molecule has 2 rings (SSSR count). The highest BCUT2D eigenvalue weighted by atomic mass is 127. The number of hydrogen-bond acceptors (Lipinski definition) is 8. The van der Waals surface area contributed by atoms with Crippen molar-refractivity contribution in [3.8, 4) is 11.2 Å². The largest absolute Gasteiger partial charge is 0.463 e. The highest BCUT2D eigenvalue weighted by Gasteiger charge is 2.39. The average molecular weight is 494 g/mol. The highest BCUT2D eigenvalue weighted by Crippen LogP contribution is 2.30. The van der Waals surface area contributed by atoms with E-state index in [1.165, 1.54) is 33.5 Å². The summed E-state index contributed by atoms with van der Waals surface area (Å²) in [5, 5.41) is 2.67. The summed E-state index contributed by atoms with van der Waals surface area (Å²) in [4.78, 5) is 48.4.